The first-order chi connectivity index (χ1) is 11.1. The molecule has 0 fully saturated rings. The van der Waals surface area contributed by atoms with Crippen LogP contribution < -0.4 is 4.74 Å². The van der Waals surface area contributed by atoms with Gasteiger partial charge >= 0.3 is 5.97 Å². The van der Waals surface area contributed by atoms with E-state index in [1.54, 1.807) is 6.92 Å². The Labute approximate surface area is 135 Å². The second-order valence-corrected chi connectivity index (χ2v) is 5.24. The number of H-pyrrole nitrogens is 1. The largest absolute Gasteiger partial charge is 0.493 e. The number of hydrogen-bond donors (Lipinski definition) is 1. The van der Waals surface area contributed by atoms with Crippen molar-refractivity contribution in [1.29, 1.82) is 0 Å². The first-order valence-electron chi connectivity index (χ1n) is 7.58. The fourth-order valence-electron chi connectivity index (χ4n) is 2.11. The van der Waals surface area contributed by atoms with E-state index in [1.165, 1.54) is 0 Å². The minimum atomic E-state index is -0.501. The molecule has 2 aromatic rings. The number of carbonyl (C=O) groups is 1. The van der Waals surface area contributed by atoms with Crippen molar-refractivity contribution in [2.75, 3.05) is 33.9 Å². The van der Waals surface area contributed by atoms with Gasteiger partial charge in [-0.3, -0.25) is 0 Å². The first kappa shape index (κ1) is 17.0. The van der Waals surface area contributed by atoms with Gasteiger partial charge in [0.05, 0.1) is 13.2 Å². The molecule has 0 saturated carbocycles. The van der Waals surface area contributed by atoms with E-state index in [2.05, 4.69) is 20.3 Å². The van der Waals surface area contributed by atoms with Gasteiger partial charge in [0.2, 0.25) is 0 Å². The molecule has 7 heteroatoms. The molecule has 1 aromatic heterocycles. The molecule has 0 amide bonds. The SMILES string of the molecule is CCOC(=O)c1n[nH]nc1-c1ccccc1OCCCN(C)C. The lowest BCUT2D eigenvalue weighted by atomic mass is 10.1. The molecule has 0 aliphatic carbocycles. The average Bonchev–Trinajstić information content (AvgIpc) is 3.01. The summed E-state index contributed by atoms with van der Waals surface area (Å²) in [6, 6.07) is 7.46. The van der Waals surface area contributed by atoms with Crippen LogP contribution in [0.4, 0.5) is 0 Å². The van der Waals surface area contributed by atoms with Crippen LogP contribution in [-0.4, -0.2) is 60.1 Å². The van der Waals surface area contributed by atoms with Crippen LogP contribution in [-0.2, 0) is 4.74 Å². The second kappa shape index (κ2) is 8.28. The predicted octanol–water partition coefficient (Wildman–Crippen LogP) is 1.98. The number of benzene rings is 1. The molecule has 2 rings (SSSR count). The van der Waals surface area contributed by atoms with E-state index in [-0.39, 0.29) is 12.3 Å². The van der Waals surface area contributed by atoms with Gasteiger partial charge in [-0.2, -0.15) is 10.3 Å². The summed E-state index contributed by atoms with van der Waals surface area (Å²) in [4.78, 5) is 14.1. The summed E-state index contributed by atoms with van der Waals surface area (Å²) >= 11 is 0. The Morgan fingerprint density at radius 1 is 1.26 bits per heavy atom. The number of carbonyl (C=O) groups excluding carboxylic acids is 1. The Bertz CT molecular complexity index is 640. The van der Waals surface area contributed by atoms with E-state index in [4.69, 9.17) is 9.47 Å². The molecule has 7 nitrogen and oxygen atoms in total. The zero-order valence-electron chi connectivity index (χ0n) is 13.7. The topological polar surface area (TPSA) is 80.3 Å². The maximum Gasteiger partial charge on any atom is 0.361 e. The molecule has 0 saturated heterocycles. The van der Waals surface area contributed by atoms with Gasteiger partial charge in [0.25, 0.3) is 0 Å². The van der Waals surface area contributed by atoms with Gasteiger partial charge in [0.15, 0.2) is 5.69 Å². The molecule has 0 bridgehead atoms. The van der Waals surface area contributed by atoms with Crippen molar-refractivity contribution in [3.05, 3.63) is 30.0 Å². The number of nitrogens with zero attached hydrogens (tertiary/aromatic N) is 3. The van der Waals surface area contributed by atoms with Gasteiger partial charge in [-0.05, 0) is 39.6 Å². The fraction of sp³-hybridized carbons (Fsp3) is 0.438. The highest BCUT2D eigenvalue weighted by Gasteiger charge is 2.21. The summed E-state index contributed by atoms with van der Waals surface area (Å²) in [7, 11) is 4.05. The maximum atomic E-state index is 12.0. The summed E-state index contributed by atoms with van der Waals surface area (Å²) < 4.78 is 10.9. The highest BCUT2D eigenvalue weighted by molar-refractivity contribution is 5.94. The average molecular weight is 318 g/mol. The van der Waals surface area contributed by atoms with Crippen LogP contribution in [0.1, 0.15) is 23.8 Å². The lowest BCUT2D eigenvalue weighted by Crippen LogP contribution is -2.15. The Morgan fingerprint density at radius 3 is 2.78 bits per heavy atom. The van der Waals surface area contributed by atoms with E-state index in [9.17, 15) is 4.79 Å². The summed E-state index contributed by atoms with van der Waals surface area (Å²) in [5, 5.41) is 10.5. The van der Waals surface area contributed by atoms with E-state index in [0.717, 1.165) is 13.0 Å². The minimum absolute atomic E-state index is 0.163. The van der Waals surface area contributed by atoms with Crippen molar-refractivity contribution >= 4 is 5.97 Å². The van der Waals surface area contributed by atoms with Crippen molar-refractivity contribution in [2.45, 2.75) is 13.3 Å². The Morgan fingerprint density at radius 2 is 2.04 bits per heavy atom. The Hall–Kier alpha value is -2.41. The molecule has 124 valence electrons. The van der Waals surface area contributed by atoms with Crippen LogP contribution in [0.15, 0.2) is 24.3 Å². The summed E-state index contributed by atoms with van der Waals surface area (Å²) in [5.41, 5.74) is 1.32. The Kier molecular flexibility index (Phi) is 6.10. The number of hydrogen-bond acceptors (Lipinski definition) is 6. The van der Waals surface area contributed by atoms with Crippen LogP contribution >= 0.6 is 0 Å². The highest BCUT2D eigenvalue weighted by atomic mass is 16.5. The third kappa shape index (κ3) is 4.53. The van der Waals surface area contributed by atoms with Crippen molar-refractivity contribution in [3.8, 4) is 17.0 Å². The summed E-state index contributed by atoms with van der Waals surface area (Å²) in [6.45, 7) is 3.56. The number of aromatic amines is 1. The molecule has 1 N–H and O–H groups in total. The van der Waals surface area contributed by atoms with Gasteiger partial charge in [-0.1, -0.05) is 12.1 Å². The normalized spacial score (nSPS) is 10.8. The number of aromatic nitrogens is 3. The predicted molar refractivity (Wildman–Crippen MR) is 86.4 cm³/mol. The monoisotopic (exact) mass is 318 g/mol. The van der Waals surface area contributed by atoms with Gasteiger partial charge < -0.3 is 14.4 Å². The Balaban J connectivity index is 2.17. The van der Waals surface area contributed by atoms with Crippen LogP contribution in [0.5, 0.6) is 5.75 Å². The molecule has 0 spiro atoms. The van der Waals surface area contributed by atoms with Crippen LogP contribution in [0.2, 0.25) is 0 Å². The number of rotatable bonds is 8. The van der Waals surface area contributed by atoms with Crippen molar-refractivity contribution in [3.63, 3.8) is 0 Å². The molecule has 0 radical (unpaired) electrons. The number of para-hydroxylation sites is 1. The molecule has 0 unspecified atom stereocenters. The van der Waals surface area contributed by atoms with E-state index in [0.29, 0.717) is 23.6 Å². The molecule has 1 heterocycles. The molecular formula is C16H22N4O3. The third-order valence-corrected chi connectivity index (χ3v) is 3.17. The molecule has 0 aliphatic rings. The van der Waals surface area contributed by atoms with E-state index < -0.39 is 5.97 Å². The van der Waals surface area contributed by atoms with Gasteiger partial charge in [-0.15, -0.1) is 5.10 Å². The highest BCUT2D eigenvalue weighted by Crippen LogP contribution is 2.30. The lowest BCUT2D eigenvalue weighted by molar-refractivity contribution is 0.0520. The smallest absolute Gasteiger partial charge is 0.361 e. The number of ether oxygens (including phenoxy) is 2. The minimum Gasteiger partial charge on any atom is -0.493 e. The van der Waals surface area contributed by atoms with E-state index >= 15 is 0 Å². The maximum absolute atomic E-state index is 12.0. The fourth-order valence-corrected chi connectivity index (χ4v) is 2.11. The number of esters is 1. The van der Waals surface area contributed by atoms with Crippen LogP contribution in [0.25, 0.3) is 11.3 Å². The number of nitrogens with one attached hydrogen (secondary N) is 1. The molecular weight excluding hydrogens is 296 g/mol. The third-order valence-electron chi connectivity index (χ3n) is 3.17. The molecule has 0 aliphatic heterocycles. The quantitative estimate of drug-likeness (QED) is 0.592. The molecule has 1 aromatic carbocycles. The summed E-state index contributed by atoms with van der Waals surface area (Å²) in [6.07, 6.45) is 0.908. The van der Waals surface area contributed by atoms with Gasteiger partial charge in [-0.25, -0.2) is 4.79 Å². The molecule has 0 atom stereocenters. The summed E-state index contributed by atoms with van der Waals surface area (Å²) in [5.74, 6) is 0.171. The van der Waals surface area contributed by atoms with E-state index in [1.807, 2.05) is 38.4 Å². The first-order valence-corrected chi connectivity index (χ1v) is 7.58. The zero-order valence-corrected chi connectivity index (χ0v) is 13.7. The van der Waals surface area contributed by atoms with Gasteiger partial charge in [0.1, 0.15) is 11.4 Å². The molecule has 23 heavy (non-hydrogen) atoms. The van der Waals surface area contributed by atoms with Crippen LogP contribution in [0, 0.1) is 0 Å². The van der Waals surface area contributed by atoms with Crippen molar-refractivity contribution in [1.82, 2.24) is 20.3 Å². The zero-order chi connectivity index (χ0) is 16.7. The van der Waals surface area contributed by atoms with Crippen LogP contribution in [0.3, 0.4) is 0 Å². The lowest BCUT2D eigenvalue weighted by Gasteiger charge is -2.12. The van der Waals surface area contributed by atoms with Crippen molar-refractivity contribution in [2.24, 2.45) is 0 Å². The standard InChI is InChI=1S/C16H22N4O3/c1-4-22-16(21)15-14(17-19-18-15)12-8-5-6-9-13(12)23-11-7-10-20(2)3/h5-6,8-9H,4,7,10-11H2,1-3H3,(H,17,18,19). The second-order valence-electron chi connectivity index (χ2n) is 5.24. The van der Waals surface area contributed by atoms with Crippen molar-refractivity contribution < 1.29 is 14.3 Å². The van der Waals surface area contributed by atoms with Gasteiger partial charge in [0, 0.05) is 12.1 Å².